The Labute approximate surface area is 129 Å². The average Bonchev–Trinajstić information content (AvgIpc) is 2.40. The van der Waals surface area contributed by atoms with Gasteiger partial charge in [-0.1, -0.05) is 6.42 Å². The summed E-state index contributed by atoms with van der Waals surface area (Å²) in [5, 5.41) is 3.02. The lowest BCUT2D eigenvalue weighted by atomic mass is 9.85. The van der Waals surface area contributed by atoms with E-state index in [1.54, 1.807) is 0 Å². The Morgan fingerprint density at radius 3 is 2.29 bits per heavy atom. The highest BCUT2D eigenvalue weighted by molar-refractivity contribution is 5.68. The predicted molar refractivity (Wildman–Crippen MR) is 85.4 cm³/mol. The number of nitrogens with zero attached hydrogens (tertiary/aromatic N) is 1. The standard InChI is InChI=1S/C17H32N2O2/c1-17(2,3)21-16(20)18-15-9-7-14(8-10-15)13-19-11-5-4-6-12-19/h14-15H,4-13H2,1-3H3,(H,18,20). The summed E-state index contributed by atoms with van der Waals surface area (Å²) in [5.74, 6) is 0.819. The van der Waals surface area contributed by atoms with Gasteiger partial charge in [0.1, 0.15) is 5.60 Å². The van der Waals surface area contributed by atoms with E-state index < -0.39 is 5.60 Å². The molecule has 0 atom stereocenters. The number of alkyl carbamates (subject to hydrolysis) is 1. The Balaban J connectivity index is 1.64. The highest BCUT2D eigenvalue weighted by Gasteiger charge is 2.26. The minimum absolute atomic E-state index is 0.262. The van der Waals surface area contributed by atoms with Crippen molar-refractivity contribution in [1.29, 1.82) is 0 Å². The number of rotatable bonds is 3. The number of nitrogens with one attached hydrogen (secondary N) is 1. The van der Waals surface area contributed by atoms with Crippen molar-refractivity contribution in [2.75, 3.05) is 19.6 Å². The zero-order chi connectivity index (χ0) is 15.3. The fourth-order valence-corrected chi connectivity index (χ4v) is 3.47. The maximum Gasteiger partial charge on any atom is 0.407 e. The van der Waals surface area contributed by atoms with Crippen LogP contribution in [0.15, 0.2) is 0 Å². The first-order valence-corrected chi connectivity index (χ1v) is 8.64. The van der Waals surface area contributed by atoms with Gasteiger partial charge in [-0.3, -0.25) is 0 Å². The third-order valence-electron chi connectivity index (χ3n) is 4.53. The van der Waals surface area contributed by atoms with Gasteiger partial charge in [0.15, 0.2) is 0 Å². The molecular formula is C17H32N2O2. The quantitative estimate of drug-likeness (QED) is 0.866. The van der Waals surface area contributed by atoms with E-state index in [2.05, 4.69) is 10.2 Å². The first-order chi connectivity index (χ1) is 9.92. The van der Waals surface area contributed by atoms with Crippen molar-refractivity contribution >= 4 is 6.09 Å². The van der Waals surface area contributed by atoms with Crippen molar-refractivity contribution < 1.29 is 9.53 Å². The number of piperidine rings is 1. The van der Waals surface area contributed by atoms with E-state index in [0.717, 1.165) is 18.8 Å². The largest absolute Gasteiger partial charge is 0.444 e. The van der Waals surface area contributed by atoms with Crippen LogP contribution in [-0.2, 0) is 4.74 Å². The van der Waals surface area contributed by atoms with Crippen molar-refractivity contribution in [2.24, 2.45) is 5.92 Å². The summed E-state index contributed by atoms with van der Waals surface area (Å²) < 4.78 is 5.33. The van der Waals surface area contributed by atoms with E-state index in [9.17, 15) is 4.79 Å². The summed E-state index contributed by atoms with van der Waals surface area (Å²) in [7, 11) is 0. The molecule has 1 saturated heterocycles. The van der Waals surface area contributed by atoms with Crippen LogP contribution < -0.4 is 5.32 Å². The van der Waals surface area contributed by atoms with E-state index in [1.807, 2.05) is 20.8 Å². The van der Waals surface area contributed by atoms with Gasteiger partial charge in [0.25, 0.3) is 0 Å². The van der Waals surface area contributed by atoms with Gasteiger partial charge in [-0.2, -0.15) is 0 Å². The lowest BCUT2D eigenvalue weighted by Crippen LogP contribution is -2.42. The van der Waals surface area contributed by atoms with Gasteiger partial charge in [0.2, 0.25) is 0 Å². The molecule has 122 valence electrons. The summed E-state index contributed by atoms with van der Waals surface area (Å²) in [6.07, 6.45) is 8.54. The summed E-state index contributed by atoms with van der Waals surface area (Å²) in [6.45, 7) is 9.55. The van der Waals surface area contributed by atoms with Crippen LogP contribution in [0.3, 0.4) is 0 Å². The summed E-state index contributed by atoms with van der Waals surface area (Å²) in [5.41, 5.74) is -0.407. The van der Waals surface area contributed by atoms with Gasteiger partial charge < -0.3 is 15.0 Å². The summed E-state index contributed by atoms with van der Waals surface area (Å²) in [6, 6.07) is 0.303. The number of carbonyl (C=O) groups is 1. The van der Waals surface area contributed by atoms with Crippen molar-refractivity contribution in [2.45, 2.75) is 77.4 Å². The van der Waals surface area contributed by atoms with Crippen molar-refractivity contribution in [3.8, 4) is 0 Å². The zero-order valence-electron chi connectivity index (χ0n) is 14.0. The number of likely N-dealkylation sites (tertiary alicyclic amines) is 1. The molecule has 1 saturated carbocycles. The van der Waals surface area contributed by atoms with Crippen LogP contribution in [0.1, 0.15) is 65.7 Å². The van der Waals surface area contributed by atoms with Crippen LogP contribution in [-0.4, -0.2) is 42.3 Å². The van der Waals surface area contributed by atoms with Crippen LogP contribution in [0.4, 0.5) is 4.79 Å². The molecule has 1 aliphatic heterocycles. The molecule has 0 radical (unpaired) electrons. The molecule has 2 rings (SSSR count). The van der Waals surface area contributed by atoms with Gasteiger partial charge >= 0.3 is 6.09 Å². The van der Waals surface area contributed by atoms with Crippen LogP contribution in [0, 0.1) is 5.92 Å². The van der Waals surface area contributed by atoms with Gasteiger partial charge in [-0.25, -0.2) is 4.79 Å². The van der Waals surface area contributed by atoms with Crippen molar-refractivity contribution in [3.05, 3.63) is 0 Å². The van der Waals surface area contributed by atoms with E-state index in [1.165, 1.54) is 51.7 Å². The molecule has 21 heavy (non-hydrogen) atoms. The molecule has 2 fully saturated rings. The monoisotopic (exact) mass is 296 g/mol. The fourth-order valence-electron chi connectivity index (χ4n) is 3.47. The summed E-state index contributed by atoms with van der Waals surface area (Å²) >= 11 is 0. The Morgan fingerprint density at radius 1 is 1.10 bits per heavy atom. The fraction of sp³-hybridized carbons (Fsp3) is 0.941. The van der Waals surface area contributed by atoms with Crippen LogP contribution >= 0.6 is 0 Å². The highest BCUT2D eigenvalue weighted by atomic mass is 16.6. The van der Waals surface area contributed by atoms with E-state index >= 15 is 0 Å². The van der Waals surface area contributed by atoms with E-state index in [4.69, 9.17) is 4.74 Å². The molecule has 0 spiro atoms. The van der Waals surface area contributed by atoms with Crippen molar-refractivity contribution in [3.63, 3.8) is 0 Å². The maximum absolute atomic E-state index is 11.8. The number of amides is 1. The van der Waals surface area contributed by atoms with Gasteiger partial charge in [0.05, 0.1) is 0 Å². The molecular weight excluding hydrogens is 264 g/mol. The molecule has 0 bridgehead atoms. The molecule has 4 heteroatoms. The van der Waals surface area contributed by atoms with Crippen LogP contribution in [0.5, 0.6) is 0 Å². The van der Waals surface area contributed by atoms with Crippen molar-refractivity contribution in [1.82, 2.24) is 10.2 Å². The minimum Gasteiger partial charge on any atom is -0.444 e. The first kappa shape index (κ1) is 16.6. The molecule has 0 unspecified atom stereocenters. The first-order valence-electron chi connectivity index (χ1n) is 8.64. The molecule has 1 N–H and O–H groups in total. The third-order valence-corrected chi connectivity index (χ3v) is 4.53. The average molecular weight is 296 g/mol. The lowest BCUT2D eigenvalue weighted by Gasteiger charge is -2.34. The summed E-state index contributed by atoms with van der Waals surface area (Å²) in [4.78, 5) is 14.4. The molecule has 0 aromatic carbocycles. The molecule has 1 heterocycles. The highest BCUT2D eigenvalue weighted by Crippen LogP contribution is 2.26. The Bertz CT molecular complexity index is 324. The van der Waals surface area contributed by atoms with E-state index in [-0.39, 0.29) is 6.09 Å². The number of hydrogen-bond acceptors (Lipinski definition) is 3. The Hall–Kier alpha value is -0.770. The zero-order valence-corrected chi connectivity index (χ0v) is 14.0. The molecule has 0 aromatic heterocycles. The third kappa shape index (κ3) is 6.25. The second-order valence-corrected chi connectivity index (χ2v) is 7.73. The molecule has 1 aliphatic carbocycles. The number of carbonyl (C=O) groups excluding carboxylic acids is 1. The topological polar surface area (TPSA) is 41.6 Å². The molecule has 1 amide bonds. The van der Waals surface area contributed by atoms with E-state index in [0.29, 0.717) is 6.04 Å². The van der Waals surface area contributed by atoms with Gasteiger partial charge in [0, 0.05) is 12.6 Å². The minimum atomic E-state index is -0.407. The second kappa shape index (κ2) is 7.48. The SMILES string of the molecule is CC(C)(C)OC(=O)NC1CCC(CN2CCCCC2)CC1. The van der Waals surface area contributed by atoms with Gasteiger partial charge in [-0.05, 0) is 78.3 Å². The lowest BCUT2D eigenvalue weighted by molar-refractivity contribution is 0.0483. The second-order valence-electron chi connectivity index (χ2n) is 7.73. The number of hydrogen-bond donors (Lipinski definition) is 1. The maximum atomic E-state index is 11.8. The predicted octanol–water partition coefficient (Wildman–Crippen LogP) is 3.56. The van der Waals surface area contributed by atoms with Gasteiger partial charge in [-0.15, -0.1) is 0 Å². The Kier molecular flexibility index (Phi) is 5.91. The molecule has 2 aliphatic rings. The van der Waals surface area contributed by atoms with Crippen LogP contribution in [0.25, 0.3) is 0 Å². The smallest absolute Gasteiger partial charge is 0.407 e. The number of ether oxygens (including phenoxy) is 1. The van der Waals surface area contributed by atoms with Crippen LogP contribution in [0.2, 0.25) is 0 Å². The normalized spacial score (nSPS) is 28.1. The Morgan fingerprint density at radius 2 is 1.71 bits per heavy atom. The molecule has 4 nitrogen and oxygen atoms in total. The molecule has 0 aromatic rings.